The molecule has 1 aliphatic carbocycles. The first-order chi connectivity index (χ1) is 8.65. The molecule has 18 heavy (non-hydrogen) atoms. The van der Waals surface area contributed by atoms with Gasteiger partial charge in [0.1, 0.15) is 0 Å². The van der Waals surface area contributed by atoms with Gasteiger partial charge in [-0.15, -0.1) is 0 Å². The average Bonchev–Trinajstić information content (AvgIpc) is 3.10. The minimum absolute atomic E-state index is 0.483. The summed E-state index contributed by atoms with van der Waals surface area (Å²) in [6, 6.07) is 7.75. The zero-order chi connectivity index (χ0) is 12.7. The Balaban J connectivity index is 1.68. The van der Waals surface area contributed by atoms with Gasteiger partial charge in [-0.2, -0.15) is 0 Å². The normalized spacial score (nSPS) is 28.6. The SMILES string of the molecule is CC1CC(Nc2cccc(Cl)c2Cl)CN1C1CC1. The van der Waals surface area contributed by atoms with Gasteiger partial charge in [0, 0.05) is 24.7 Å². The molecule has 3 rings (SSSR count). The fraction of sp³-hybridized carbons (Fsp3) is 0.571. The fourth-order valence-electron chi connectivity index (χ4n) is 2.91. The maximum Gasteiger partial charge on any atom is 0.0823 e. The molecule has 4 heteroatoms. The molecule has 0 bridgehead atoms. The van der Waals surface area contributed by atoms with Gasteiger partial charge in [-0.25, -0.2) is 0 Å². The minimum atomic E-state index is 0.483. The van der Waals surface area contributed by atoms with Crippen molar-refractivity contribution in [3.05, 3.63) is 28.2 Å². The number of nitrogens with one attached hydrogen (secondary N) is 1. The first-order valence-electron chi connectivity index (χ1n) is 6.61. The lowest BCUT2D eigenvalue weighted by molar-refractivity contribution is 0.257. The molecule has 1 saturated heterocycles. The summed E-state index contributed by atoms with van der Waals surface area (Å²) in [5.74, 6) is 0. The molecule has 1 heterocycles. The van der Waals surface area contributed by atoms with Gasteiger partial charge in [-0.05, 0) is 38.3 Å². The Labute approximate surface area is 118 Å². The Bertz CT molecular complexity index is 445. The smallest absolute Gasteiger partial charge is 0.0823 e. The van der Waals surface area contributed by atoms with E-state index in [0.29, 0.717) is 22.1 Å². The van der Waals surface area contributed by atoms with Crippen LogP contribution in [0.15, 0.2) is 18.2 Å². The van der Waals surface area contributed by atoms with Gasteiger partial charge >= 0.3 is 0 Å². The molecular formula is C14H18Cl2N2. The molecular weight excluding hydrogens is 267 g/mol. The molecule has 2 atom stereocenters. The zero-order valence-electron chi connectivity index (χ0n) is 10.5. The highest BCUT2D eigenvalue weighted by Gasteiger charge is 2.38. The predicted octanol–water partition coefficient (Wildman–Crippen LogP) is 4.03. The van der Waals surface area contributed by atoms with E-state index in [1.165, 1.54) is 19.3 Å². The molecule has 0 radical (unpaired) electrons. The summed E-state index contributed by atoms with van der Waals surface area (Å²) in [5, 5.41) is 4.79. The molecule has 2 aliphatic rings. The highest BCUT2D eigenvalue weighted by Crippen LogP contribution is 2.35. The van der Waals surface area contributed by atoms with E-state index in [-0.39, 0.29) is 0 Å². The van der Waals surface area contributed by atoms with Crippen LogP contribution in [-0.2, 0) is 0 Å². The lowest BCUT2D eigenvalue weighted by Crippen LogP contribution is -2.31. The maximum absolute atomic E-state index is 6.21. The minimum Gasteiger partial charge on any atom is -0.380 e. The van der Waals surface area contributed by atoms with Crippen molar-refractivity contribution in [3.8, 4) is 0 Å². The second-order valence-corrected chi connectivity index (χ2v) is 6.24. The van der Waals surface area contributed by atoms with Crippen LogP contribution in [0, 0.1) is 0 Å². The Kier molecular flexibility index (Phi) is 3.44. The average molecular weight is 285 g/mol. The Hall–Kier alpha value is -0.440. The monoisotopic (exact) mass is 284 g/mol. The zero-order valence-corrected chi connectivity index (χ0v) is 12.0. The molecule has 0 aromatic heterocycles. The fourth-order valence-corrected chi connectivity index (χ4v) is 3.27. The molecule has 2 unspecified atom stereocenters. The molecule has 98 valence electrons. The molecule has 0 amide bonds. The second-order valence-electron chi connectivity index (χ2n) is 5.46. The molecule has 2 nitrogen and oxygen atoms in total. The van der Waals surface area contributed by atoms with E-state index in [1.54, 1.807) is 0 Å². The molecule has 1 saturated carbocycles. The Morgan fingerprint density at radius 3 is 2.78 bits per heavy atom. The summed E-state index contributed by atoms with van der Waals surface area (Å²) in [6.07, 6.45) is 3.92. The van der Waals surface area contributed by atoms with Crippen LogP contribution in [0.25, 0.3) is 0 Å². The third kappa shape index (κ3) is 2.47. The highest BCUT2D eigenvalue weighted by molar-refractivity contribution is 6.43. The third-order valence-electron chi connectivity index (χ3n) is 3.95. The van der Waals surface area contributed by atoms with Crippen molar-refractivity contribution in [1.82, 2.24) is 4.90 Å². The number of rotatable bonds is 3. The van der Waals surface area contributed by atoms with E-state index in [0.717, 1.165) is 18.3 Å². The quantitative estimate of drug-likeness (QED) is 0.902. The first-order valence-corrected chi connectivity index (χ1v) is 7.37. The van der Waals surface area contributed by atoms with E-state index >= 15 is 0 Å². The van der Waals surface area contributed by atoms with Crippen molar-refractivity contribution in [2.75, 3.05) is 11.9 Å². The van der Waals surface area contributed by atoms with Gasteiger partial charge in [-0.1, -0.05) is 29.3 Å². The van der Waals surface area contributed by atoms with E-state index in [9.17, 15) is 0 Å². The van der Waals surface area contributed by atoms with Crippen molar-refractivity contribution in [3.63, 3.8) is 0 Å². The van der Waals surface area contributed by atoms with Gasteiger partial charge < -0.3 is 5.32 Å². The molecule has 1 aromatic rings. The maximum atomic E-state index is 6.21. The molecule has 1 aliphatic heterocycles. The number of anilines is 1. The van der Waals surface area contributed by atoms with Crippen LogP contribution in [0.3, 0.4) is 0 Å². The van der Waals surface area contributed by atoms with Crippen molar-refractivity contribution in [2.24, 2.45) is 0 Å². The highest BCUT2D eigenvalue weighted by atomic mass is 35.5. The van der Waals surface area contributed by atoms with Gasteiger partial charge in [0.15, 0.2) is 0 Å². The van der Waals surface area contributed by atoms with E-state index in [4.69, 9.17) is 23.2 Å². The van der Waals surface area contributed by atoms with E-state index in [2.05, 4.69) is 17.1 Å². The third-order valence-corrected chi connectivity index (χ3v) is 4.77. The number of nitrogens with zero attached hydrogens (tertiary/aromatic N) is 1. The van der Waals surface area contributed by atoms with Crippen molar-refractivity contribution in [2.45, 2.75) is 44.3 Å². The molecule has 1 N–H and O–H groups in total. The lowest BCUT2D eigenvalue weighted by Gasteiger charge is -2.20. The number of halogens is 2. The Morgan fingerprint density at radius 2 is 2.06 bits per heavy atom. The topological polar surface area (TPSA) is 15.3 Å². The summed E-state index contributed by atoms with van der Waals surface area (Å²) in [7, 11) is 0. The summed E-state index contributed by atoms with van der Waals surface area (Å²) < 4.78 is 0. The van der Waals surface area contributed by atoms with Crippen LogP contribution < -0.4 is 5.32 Å². The molecule has 2 fully saturated rings. The second kappa shape index (κ2) is 4.92. The van der Waals surface area contributed by atoms with E-state index < -0.39 is 0 Å². The summed E-state index contributed by atoms with van der Waals surface area (Å²) in [4.78, 5) is 2.62. The van der Waals surface area contributed by atoms with E-state index in [1.807, 2.05) is 18.2 Å². The predicted molar refractivity (Wildman–Crippen MR) is 77.7 cm³/mol. The summed E-state index contributed by atoms with van der Waals surface area (Å²) in [5.41, 5.74) is 0.957. The van der Waals surface area contributed by atoms with Gasteiger partial charge in [0.25, 0.3) is 0 Å². The summed E-state index contributed by atoms with van der Waals surface area (Å²) in [6.45, 7) is 3.44. The van der Waals surface area contributed by atoms with Crippen molar-refractivity contribution >= 4 is 28.9 Å². The number of hydrogen-bond acceptors (Lipinski definition) is 2. The van der Waals surface area contributed by atoms with Crippen LogP contribution in [-0.4, -0.2) is 29.6 Å². The van der Waals surface area contributed by atoms with Gasteiger partial charge in [-0.3, -0.25) is 4.90 Å². The molecule has 0 spiro atoms. The van der Waals surface area contributed by atoms with Crippen LogP contribution in [0.2, 0.25) is 10.0 Å². The molecule has 1 aromatic carbocycles. The lowest BCUT2D eigenvalue weighted by atomic mass is 10.2. The van der Waals surface area contributed by atoms with Crippen LogP contribution >= 0.6 is 23.2 Å². The largest absolute Gasteiger partial charge is 0.380 e. The number of likely N-dealkylation sites (tertiary alicyclic amines) is 1. The summed E-state index contributed by atoms with van der Waals surface area (Å²) >= 11 is 12.2. The van der Waals surface area contributed by atoms with Crippen LogP contribution in [0.4, 0.5) is 5.69 Å². The Morgan fingerprint density at radius 1 is 1.28 bits per heavy atom. The van der Waals surface area contributed by atoms with Crippen molar-refractivity contribution in [1.29, 1.82) is 0 Å². The first kappa shape index (κ1) is 12.6. The number of hydrogen-bond donors (Lipinski definition) is 1. The van der Waals surface area contributed by atoms with Crippen molar-refractivity contribution < 1.29 is 0 Å². The van der Waals surface area contributed by atoms with Gasteiger partial charge in [0.05, 0.1) is 15.7 Å². The van der Waals surface area contributed by atoms with Gasteiger partial charge in [0.2, 0.25) is 0 Å². The number of benzene rings is 1. The van der Waals surface area contributed by atoms with Crippen LogP contribution in [0.1, 0.15) is 26.2 Å². The van der Waals surface area contributed by atoms with Crippen LogP contribution in [0.5, 0.6) is 0 Å². The standard InChI is InChI=1S/C14H18Cl2N2/c1-9-7-10(8-18(9)11-5-6-11)17-13-4-2-3-12(15)14(13)16/h2-4,9-11,17H,5-8H2,1H3.